The zero-order chi connectivity index (χ0) is 14.8. The monoisotopic (exact) mass is 295 g/mol. The number of hydrogen-bond acceptors (Lipinski definition) is 4. The average Bonchev–Trinajstić information content (AvgIpc) is 2.85. The Bertz CT molecular complexity index is 507. The van der Waals surface area contributed by atoms with E-state index in [1.807, 2.05) is 0 Å². The Kier molecular flexibility index (Phi) is 4.48. The van der Waals surface area contributed by atoms with Gasteiger partial charge in [0.25, 0.3) is 0 Å². The van der Waals surface area contributed by atoms with E-state index in [0.717, 1.165) is 19.3 Å². The molecule has 1 aromatic rings. The van der Waals surface area contributed by atoms with Crippen LogP contribution in [0.1, 0.15) is 49.2 Å². The predicted octanol–water partition coefficient (Wildman–Crippen LogP) is 3.69. The van der Waals surface area contributed by atoms with Gasteiger partial charge < -0.3 is 10.1 Å². The number of ether oxygens (including phenoxy) is 1. The molecule has 1 aliphatic carbocycles. The van der Waals surface area contributed by atoms with Gasteiger partial charge in [0.15, 0.2) is 0 Å². The highest BCUT2D eigenvalue weighted by atomic mass is 32.1. The van der Waals surface area contributed by atoms with Crippen molar-refractivity contribution < 1.29 is 14.3 Å². The van der Waals surface area contributed by atoms with Gasteiger partial charge in [0.2, 0.25) is 5.91 Å². The zero-order valence-corrected chi connectivity index (χ0v) is 13.0. The minimum absolute atomic E-state index is 0.00152. The fraction of sp³-hybridized carbons (Fsp3) is 0.600. The van der Waals surface area contributed by atoms with Gasteiger partial charge >= 0.3 is 5.97 Å². The summed E-state index contributed by atoms with van der Waals surface area (Å²) in [7, 11) is 1.35. The number of methoxy groups -OCH3 is 1. The molecule has 1 saturated carbocycles. The number of amides is 1. The molecule has 1 aromatic heterocycles. The molecule has 1 fully saturated rings. The number of carbonyl (C=O) groups excluding carboxylic acids is 2. The number of anilines is 1. The van der Waals surface area contributed by atoms with Crippen LogP contribution in [-0.4, -0.2) is 19.0 Å². The third kappa shape index (κ3) is 3.03. The molecular formula is C15H21NO3S. The summed E-state index contributed by atoms with van der Waals surface area (Å²) in [4.78, 5) is 24.6. The largest absolute Gasteiger partial charge is 0.465 e. The van der Waals surface area contributed by atoms with Gasteiger partial charge in [-0.15, -0.1) is 11.3 Å². The lowest BCUT2D eigenvalue weighted by atomic mass is 9.68. The number of rotatable bonds is 3. The minimum atomic E-state index is -0.404. The zero-order valence-electron chi connectivity index (χ0n) is 12.2. The van der Waals surface area contributed by atoms with Gasteiger partial charge in [-0.1, -0.05) is 26.7 Å². The smallest absolute Gasteiger partial charge is 0.350 e. The first-order chi connectivity index (χ1) is 9.45. The van der Waals surface area contributed by atoms with Crippen LogP contribution in [0.25, 0.3) is 0 Å². The van der Waals surface area contributed by atoms with Crippen molar-refractivity contribution in [1.82, 2.24) is 0 Å². The third-order valence-corrected chi connectivity index (χ3v) is 5.01. The highest BCUT2D eigenvalue weighted by Gasteiger charge is 2.37. The molecule has 0 aromatic carbocycles. The highest BCUT2D eigenvalue weighted by Crippen LogP contribution is 2.41. The topological polar surface area (TPSA) is 55.4 Å². The van der Waals surface area contributed by atoms with Gasteiger partial charge in [-0.2, -0.15) is 0 Å². The molecule has 0 saturated heterocycles. The molecule has 1 N–H and O–H groups in total. The van der Waals surface area contributed by atoms with Crippen molar-refractivity contribution >= 4 is 28.9 Å². The Morgan fingerprint density at radius 3 is 2.80 bits per heavy atom. The molecule has 1 heterocycles. The fourth-order valence-corrected chi connectivity index (χ4v) is 3.62. The van der Waals surface area contributed by atoms with Crippen molar-refractivity contribution in [3.8, 4) is 0 Å². The summed E-state index contributed by atoms with van der Waals surface area (Å²) in [6.45, 7) is 4.29. The maximum Gasteiger partial charge on any atom is 0.350 e. The lowest BCUT2D eigenvalue weighted by molar-refractivity contribution is -0.124. The molecule has 1 atom stereocenters. The van der Waals surface area contributed by atoms with Gasteiger partial charge in [0, 0.05) is 5.92 Å². The molecule has 0 aliphatic heterocycles. The molecule has 110 valence electrons. The molecule has 1 unspecified atom stereocenters. The van der Waals surface area contributed by atoms with Crippen LogP contribution < -0.4 is 5.32 Å². The SMILES string of the molecule is COC(=O)c1sccc1NC(=O)C1CCCCC1(C)C. The van der Waals surface area contributed by atoms with Gasteiger partial charge in [-0.25, -0.2) is 4.79 Å². The first-order valence-electron chi connectivity index (χ1n) is 6.92. The van der Waals surface area contributed by atoms with E-state index in [1.165, 1.54) is 24.9 Å². The van der Waals surface area contributed by atoms with Gasteiger partial charge in [0.05, 0.1) is 12.8 Å². The van der Waals surface area contributed by atoms with E-state index in [4.69, 9.17) is 4.74 Å². The van der Waals surface area contributed by atoms with Crippen LogP contribution in [0.2, 0.25) is 0 Å². The molecule has 0 radical (unpaired) electrons. The number of thiophene rings is 1. The molecule has 1 amide bonds. The second-order valence-electron chi connectivity index (χ2n) is 5.93. The van der Waals surface area contributed by atoms with Crippen molar-refractivity contribution in [3.05, 3.63) is 16.3 Å². The summed E-state index contributed by atoms with van der Waals surface area (Å²) in [5.74, 6) is -0.391. The van der Waals surface area contributed by atoms with E-state index in [2.05, 4.69) is 19.2 Å². The van der Waals surface area contributed by atoms with Crippen molar-refractivity contribution in [1.29, 1.82) is 0 Å². The van der Waals surface area contributed by atoms with E-state index >= 15 is 0 Å². The summed E-state index contributed by atoms with van der Waals surface area (Å²) in [6.07, 6.45) is 4.26. The van der Waals surface area contributed by atoms with Gasteiger partial charge in [-0.3, -0.25) is 4.79 Å². The summed E-state index contributed by atoms with van der Waals surface area (Å²) in [5.41, 5.74) is 0.581. The Balaban J connectivity index is 2.12. The second-order valence-corrected chi connectivity index (χ2v) is 6.85. The van der Waals surface area contributed by atoms with Crippen molar-refractivity contribution in [3.63, 3.8) is 0 Å². The van der Waals surface area contributed by atoms with E-state index in [0.29, 0.717) is 10.6 Å². The molecular weight excluding hydrogens is 274 g/mol. The number of hydrogen-bond donors (Lipinski definition) is 1. The van der Waals surface area contributed by atoms with Gasteiger partial charge in [-0.05, 0) is 29.7 Å². The van der Waals surface area contributed by atoms with E-state index in [9.17, 15) is 9.59 Å². The highest BCUT2D eigenvalue weighted by molar-refractivity contribution is 7.12. The van der Waals surface area contributed by atoms with Crippen LogP contribution in [0.3, 0.4) is 0 Å². The van der Waals surface area contributed by atoms with Crippen LogP contribution in [0, 0.1) is 11.3 Å². The first kappa shape index (κ1) is 15.0. The van der Waals surface area contributed by atoms with E-state index < -0.39 is 5.97 Å². The second kappa shape index (κ2) is 5.95. The first-order valence-corrected chi connectivity index (χ1v) is 7.80. The van der Waals surface area contributed by atoms with Crippen LogP contribution >= 0.6 is 11.3 Å². The van der Waals surface area contributed by atoms with Crippen LogP contribution in [0.15, 0.2) is 11.4 Å². The van der Waals surface area contributed by atoms with Crippen LogP contribution in [0.4, 0.5) is 5.69 Å². The molecule has 4 nitrogen and oxygen atoms in total. The molecule has 1 aliphatic rings. The lowest BCUT2D eigenvalue weighted by Gasteiger charge is -2.37. The van der Waals surface area contributed by atoms with Crippen molar-refractivity contribution in [2.45, 2.75) is 39.5 Å². The number of nitrogens with one attached hydrogen (secondary N) is 1. The molecule has 5 heteroatoms. The van der Waals surface area contributed by atoms with Crippen LogP contribution in [0.5, 0.6) is 0 Å². The fourth-order valence-electron chi connectivity index (χ4n) is 2.86. The Labute approximate surface area is 123 Å². The van der Waals surface area contributed by atoms with Crippen molar-refractivity contribution in [2.75, 3.05) is 12.4 Å². The Hall–Kier alpha value is -1.36. The Morgan fingerprint density at radius 2 is 2.15 bits per heavy atom. The maximum atomic E-state index is 12.5. The summed E-state index contributed by atoms with van der Waals surface area (Å²) < 4.78 is 4.72. The average molecular weight is 295 g/mol. The molecule has 20 heavy (non-hydrogen) atoms. The number of carbonyl (C=O) groups is 2. The third-order valence-electron chi connectivity index (χ3n) is 4.12. The minimum Gasteiger partial charge on any atom is -0.465 e. The van der Waals surface area contributed by atoms with Crippen molar-refractivity contribution in [2.24, 2.45) is 11.3 Å². The molecule has 0 bridgehead atoms. The van der Waals surface area contributed by atoms with Gasteiger partial charge in [0.1, 0.15) is 4.88 Å². The predicted molar refractivity (Wildman–Crippen MR) is 80.0 cm³/mol. The quantitative estimate of drug-likeness (QED) is 0.865. The van der Waals surface area contributed by atoms with E-state index in [1.54, 1.807) is 11.4 Å². The number of esters is 1. The normalized spacial score (nSPS) is 21.2. The van der Waals surface area contributed by atoms with E-state index in [-0.39, 0.29) is 17.2 Å². The molecule has 0 spiro atoms. The van der Waals surface area contributed by atoms with Crippen LogP contribution in [-0.2, 0) is 9.53 Å². The summed E-state index contributed by atoms with van der Waals surface area (Å²) in [5, 5.41) is 4.69. The lowest BCUT2D eigenvalue weighted by Crippen LogP contribution is -2.37. The molecule has 2 rings (SSSR count). The summed E-state index contributed by atoms with van der Waals surface area (Å²) >= 11 is 1.28. The summed E-state index contributed by atoms with van der Waals surface area (Å²) in [6, 6.07) is 1.75. The standard InChI is InChI=1S/C15H21NO3S/c1-15(2)8-5-4-6-10(15)13(17)16-11-7-9-20-12(11)14(18)19-3/h7,9-10H,4-6,8H2,1-3H3,(H,16,17). The Morgan fingerprint density at radius 1 is 1.40 bits per heavy atom. The maximum absolute atomic E-state index is 12.5.